The Morgan fingerprint density at radius 1 is 1.56 bits per heavy atom. The summed E-state index contributed by atoms with van der Waals surface area (Å²) in [5.74, 6) is -0.438. The Bertz CT molecular complexity index is 475. The molecule has 1 amide bonds. The van der Waals surface area contributed by atoms with Gasteiger partial charge in [-0.25, -0.2) is 9.18 Å². The monoisotopic (exact) mass is 253 g/mol. The third-order valence-corrected chi connectivity index (χ3v) is 3.45. The Balaban J connectivity index is 2.20. The molecule has 1 heterocycles. The molecule has 1 unspecified atom stereocenters. The maximum atomic E-state index is 13.1. The van der Waals surface area contributed by atoms with Gasteiger partial charge in [-0.2, -0.15) is 0 Å². The molecule has 1 aromatic carbocycles. The van der Waals surface area contributed by atoms with E-state index in [1.165, 1.54) is 23.1 Å². The second-order valence-electron chi connectivity index (χ2n) is 5.24. The van der Waals surface area contributed by atoms with Crippen LogP contribution < -0.4 is 0 Å². The van der Waals surface area contributed by atoms with Crippen LogP contribution in [-0.2, 0) is 0 Å². The van der Waals surface area contributed by atoms with Gasteiger partial charge in [0.1, 0.15) is 5.82 Å². The number of nitrogens with zero attached hydrogens (tertiary/aromatic N) is 1. The van der Waals surface area contributed by atoms with Gasteiger partial charge in [-0.15, -0.1) is 0 Å². The number of carbonyl (C=O) groups is 1. The maximum absolute atomic E-state index is 13.1. The van der Waals surface area contributed by atoms with Crippen molar-refractivity contribution < 1.29 is 19.4 Å². The van der Waals surface area contributed by atoms with Crippen LogP contribution in [0.3, 0.4) is 0 Å². The smallest absolute Gasteiger partial charge is 0.408 e. The molecule has 18 heavy (non-hydrogen) atoms. The van der Waals surface area contributed by atoms with Gasteiger partial charge < -0.3 is 10.2 Å². The molecule has 4 nitrogen and oxygen atoms in total. The summed E-state index contributed by atoms with van der Waals surface area (Å²) in [5, 5.41) is 19.3. The summed E-state index contributed by atoms with van der Waals surface area (Å²) in [7, 11) is 0. The molecule has 0 aliphatic carbocycles. The SMILES string of the molecule is CC1(C)C[C@H](C(O)c2cccc(F)c2)N1C(=O)O. The van der Waals surface area contributed by atoms with E-state index in [4.69, 9.17) is 5.11 Å². The van der Waals surface area contributed by atoms with Crippen molar-refractivity contribution in [3.05, 3.63) is 35.6 Å². The fraction of sp³-hybridized carbons (Fsp3) is 0.462. The first-order valence-corrected chi connectivity index (χ1v) is 5.79. The van der Waals surface area contributed by atoms with E-state index >= 15 is 0 Å². The van der Waals surface area contributed by atoms with Gasteiger partial charge in [0.2, 0.25) is 0 Å². The van der Waals surface area contributed by atoms with Crippen molar-refractivity contribution in [2.75, 3.05) is 0 Å². The van der Waals surface area contributed by atoms with Gasteiger partial charge in [0.05, 0.1) is 12.1 Å². The lowest BCUT2D eigenvalue weighted by Crippen LogP contribution is -2.66. The lowest BCUT2D eigenvalue weighted by atomic mass is 9.78. The molecule has 1 fully saturated rings. The average molecular weight is 253 g/mol. The largest absolute Gasteiger partial charge is 0.465 e. The van der Waals surface area contributed by atoms with Gasteiger partial charge in [0, 0.05) is 5.54 Å². The Morgan fingerprint density at radius 3 is 2.72 bits per heavy atom. The van der Waals surface area contributed by atoms with Crippen LogP contribution in [0, 0.1) is 5.82 Å². The number of halogens is 1. The van der Waals surface area contributed by atoms with E-state index in [0.717, 1.165) is 0 Å². The summed E-state index contributed by atoms with van der Waals surface area (Å²) in [5.41, 5.74) is -0.0769. The number of hydrogen-bond donors (Lipinski definition) is 2. The minimum atomic E-state index is -1.06. The summed E-state index contributed by atoms with van der Waals surface area (Å²) in [6.45, 7) is 3.60. The number of amides is 1. The third kappa shape index (κ3) is 2.06. The molecule has 2 N–H and O–H groups in total. The van der Waals surface area contributed by atoms with Crippen LogP contribution >= 0.6 is 0 Å². The summed E-state index contributed by atoms with van der Waals surface area (Å²) in [6.07, 6.45) is -1.51. The molecule has 0 aromatic heterocycles. The van der Waals surface area contributed by atoms with Crippen LogP contribution in [0.1, 0.15) is 31.9 Å². The average Bonchev–Trinajstić information content (AvgIpc) is 2.24. The number of rotatable bonds is 2. The second kappa shape index (κ2) is 4.24. The first-order valence-electron chi connectivity index (χ1n) is 5.79. The van der Waals surface area contributed by atoms with E-state index in [1.807, 2.05) is 0 Å². The minimum Gasteiger partial charge on any atom is -0.465 e. The summed E-state index contributed by atoms with van der Waals surface area (Å²) >= 11 is 0. The highest BCUT2D eigenvalue weighted by atomic mass is 19.1. The summed E-state index contributed by atoms with van der Waals surface area (Å²) < 4.78 is 13.1. The molecular weight excluding hydrogens is 237 g/mol. The zero-order valence-electron chi connectivity index (χ0n) is 10.3. The molecule has 0 spiro atoms. The van der Waals surface area contributed by atoms with Gasteiger partial charge in [-0.3, -0.25) is 4.90 Å². The Kier molecular flexibility index (Phi) is 3.02. The lowest BCUT2D eigenvalue weighted by molar-refractivity contribution is -0.0852. The van der Waals surface area contributed by atoms with Gasteiger partial charge in [-0.1, -0.05) is 12.1 Å². The van der Waals surface area contributed by atoms with E-state index < -0.39 is 29.6 Å². The first kappa shape index (κ1) is 12.8. The normalized spacial score (nSPS) is 23.3. The van der Waals surface area contributed by atoms with E-state index in [9.17, 15) is 14.3 Å². The predicted molar refractivity (Wildman–Crippen MR) is 63.7 cm³/mol. The molecule has 5 heteroatoms. The van der Waals surface area contributed by atoms with Gasteiger partial charge in [0.15, 0.2) is 0 Å². The molecule has 0 bridgehead atoms. The zero-order valence-corrected chi connectivity index (χ0v) is 10.3. The molecule has 98 valence electrons. The Morgan fingerprint density at radius 2 is 2.22 bits per heavy atom. The highest BCUT2D eigenvalue weighted by Gasteiger charge is 2.51. The molecule has 1 aliphatic rings. The third-order valence-electron chi connectivity index (χ3n) is 3.45. The molecular formula is C13H16FNO3. The number of likely N-dealkylation sites (tertiary alicyclic amines) is 1. The molecule has 2 rings (SSSR count). The van der Waals surface area contributed by atoms with E-state index in [0.29, 0.717) is 12.0 Å². The van der Waals surface area contributed by atoms with Crippen LogP contribution in [-0.4, -0.2) is 32.8 Å². The Labute approximate surface area is 105 Å². The van der Waals surface area contributed by atoms with Crippen molar-refractivity contribution in [3.63, 3.8) is 0 Å². The summed E-state index contributed by atoms with van der Waals surface area (Å²) in [6, 6.07) is 5.10. The molecule has 1 aliphatic heterocycles. The number of hydrogen-bond acceptors (Lipinski definition) is 2. The molecule has 1 aromatic rings. The lowest BCUT2D eigenvalue weighted by Gasteiger charge is -2.54. The highest BCUT2D eigenvalue weighted by molar-refractivity contribution is 5.68. The quantitative estimate of drug-likeness (QED) is 0.850. The van der Waals surface area contributed by atoms with Crippen LogP contribution in [0.25, 0.3) is 0 Å². The first-order chi connectivity index (χ1) is 8.33. The molecule has 0 saturated carbocycles. The van der Waals surface area contributed by atoms with Crippen molar-refractivity contribution in [2.24, 2.45) is 0 Å². The van der Waals surface area contributed by atoms with Crippen LogP contribution in [0.4, 0.5) is 9.18 Å². The predicted octanol–water partition coefficient (Wildman–Crippen LogP) is 2.39. The maximum Gasteiger partial charge on any atom is 0.408 e. The van der Waals surface area contributed by atoms with E-state index in [-0.39, 0.29) is 0 Å². The molecule has 2 atom stereocenters. The number of benzene rings is 1. The summed E-state index contributed by atoms with van der Waals surface area (Å²) in [4.78, 5) is 12.4. The van der Waals surface area contributed by atoms with Crippen molar-refractivity contribution >= 4 is 6.09 Å². The van der Waals surface area contributed by atoms with Crippen molar-refractivity contribution in [2.45, 2.75) is 38.0 Å². The van der Waals surface area contributed by atoms with E-state index in [1.54, 1.807) is 19.9 Å². The second-order valence-corrected chi connectivity index (χ2v) is 5.24. The fourth-order valence-corrected chi connectivity index (χ4v) is 2.60. The standard InChI is InChI=1S/C13H16FNO3/c1-13(2)7-10(15(13)12(17)18)11(16)8-4-3-5-9(14)6-8/h3-6,10-11,16H,7H2,1-2H3,(H,17,18)/t10-,11?/m1/s1. The van der Waals surface area contributed by atoms with Crippen molar-refractivity contribution in [1.82, 2.24) is 4.90 Å². The topological polar surface area (TPSA) is 60.8 Å². The Hall–Kier alpha value is -1.62. The van der Waals surface area contributed by atoms with Crippen molar-refractivity contribution in [1.29, 1.82) is 0 Å². The minimum absolute atomic E-state index is 0.404. The van der Waals surface area contributed by atoms with Crippen LogP contribution in [0.2, 0.25) is 0 Å². The van der Waals surface area contributed by atoms with Crippen LogP contribution in [0.15, 0.2) is 24.3 Å². The van der Waals surface area contributed by atoms with Crippen LogP contribution in [0.5, 0.6) is 0 Å². The van der Waals surface area contributed by atoms with Crippen molar-refractivity contribution in [3.8, 4) is 0 Å². The molecule has 0 radical (unpaired) electrons. The molecule has 1 saturated heterocycles. The highest BCUT2D eigenvalue weighted by Crippen LogP contribution is 2.42. The fourth-order valence-electron chi connectivity index (χ4n) is 2.60. The number of aliphatic hydroxyl groups is 1. The van der Waals surface area contributed by atoms with Gasteiger partial charge in [0.25, 0.3) is 0 Å². The number of aliphatic hydroxyl groups excluding tert-OH is 1. The zero-order chi connectivity index (χ0) is 13.5. The van der Waals surface area contributed by atoms with Gasteiger partial charge in [-0.05, 0) is 38.0 Å². The number of carboxylic acid groups (broad SMARTS) is 1. The van der Waals surface area contributed by atoms with E-state index in [2.05, 4.69) is 0 Å². The van der Waals surface area contributed by atoms with Gasteiger partial charge >= 0.3 is 6.09 Å².